The van der Waals surface area contributed by atoms with Crippen LogP contribution in [0.15, 0.2) is 47.6 Å². The molecular weight excluding hydrogens is 322 g/mol. The van der Waals surface area contributed by atoms with Crippen LogP contribution in [0.5, 0.6) is 0 Å². The highest BCUT2D eigenvalue weighted by Crippen LogP contribution is 2.25. The van der Waals surface area contributed by atoms with E-state index in [0.29, 0.717) is 5.03 Å². The lowest BCUT2D eigenvalue weighted by atomic mass is 10.1. The molecule has 5 nitrogen and oxygen atoms in total. The Balaban J connectivity index is 1.59. The van der Waals surface area contributed by atoms with E-state index in [1.165, 1.54) is 36.5 Å². The predicted molar refractivity (Wildman–Crippen MR) is 97.4 cm³/mol. The van der Waals surface area contributed by atoms with Gasteiger partial charge in [0, 0.05) is 36.6 Å². The molecule has 2 aromatic rings. The number of nitrogens with one attached hydrogen (secondary N) is 1. The zero-order valence-corrected chi connectivity index (χ0v) is 14.5. The number of aromatic nitrogens is 1. The van der Waals surface area contributed by atoms with Crippen LogP contribution in [-0.2, 0) is 4.79 Å². The number of nitrogens with zero attached hydrogens (tertiary/aromatic N) is 2. The van der Waals surface area contributed by atoms with Crippen LogP contribution in [0.2, 0.25) is 0 Å². The van der Waals surface area contributed by atoms with Crippen LogP contribution in [0.25, 0.3) is 0 Å². The van der Waals surface area contributed by atoms with Gasteiger partial charge >= 0.3 is 0 Å². The summed E-state index contributed by atoms with van der Waals surface area (Å²) in [7, 11) is 0. The van der Waals surface area contributed by atoms with Crippen LogP contribution < -0.4 is 14.9 Å². The number of pyridine rings is 1. The van der Waals surface area contributed by atoms with Crippen LogP contribution in [0.4, 0.5) is 11.4 Å². The molecule has 2 heterocycles. The number of anilines is 2. The van der Waals surface area contributed by atoms with Gasteiger partial charge in [-0.1, -0.05) is 0 Å². The van der Waals surface area contributed by atoms with Crippen molar-refractivity contribution in [1.29, 1.82) is 0 Å². The summed E-state index contributed by atoms with van der Waals surface area (Å²) in [5.41, 5.74) is 3.09. The van der Waals surface area contributed by atoms with Gasteiger partial charge in [-0.15, -0.1) is 0 Å². The van der Waals surface area contributed by atoms with E-state index in [1.54, 1.807) is 18.2 Å². The summed E-state index contributed by atoms with van der Waals surface area (Å²) in [4.78, 5) is 14.5. The molecule has 1 fully saturated rings. The molecule has 24 heavy (non-hydrogen) atoms. The molecule has 1 amide bonds. The summed E-state index contributed by atoms with van der Waals surface area (Å²) in [6.45, 7) is 4.22. The Labute approximate surface area is 146 Å². The molecule has 1 aromatic heterocycles. The van der Waals surface area contributed by atoms with E-state index in [1.807, 2.05) is 13.0 Å². The van der Waals surface area contributed by atoms with E-state index in [9.17, 15) is 10.0 Å². The molecule has 0 atom stereocenters. The molecule has 1 aliphatic rings. The number of hydrogen-bond donors (Lipinski definition) is 1. The Hall–Kier alpha value is -2.21. The van der Waals surface area contributed by atoms with Crippen LogP contribution >= 0.6 is 11.8 Å². The van der Waals surface area contributed by atoms with Gasteiger partial charge in [-0.3, -0.25) is 4.79 Å². The first kappa shape index (κ1) is 16.6. The Morgan fingerprint density at radius 3 is 2.79 bits per heavy atom. The second kappa shape index (κ2) is 7.57. The number of aryl methyl sites for hydroxylation is 1. The van der Waals surface area contributed by atoms with E-state index < -0.39 is 0 Å². The number of benzene rings is 1. The van der Waals surface area contributed by atoms with Crippen molar-refractivity contribution in [2.45, 2.75) is 24.8 Å². The summed E-state index contributed by atoms with van der Waals surface area (Å²) in [5.74, 6) is 0.0976. The monoisotopic (exact) mass is 343 g/mol. The highest BCUT2D eigenvalue weighted by molar-refractivity contribution is 7.99. The van der Waals surface area contributed by atoms with Gasteiger partial charge in [0.15, 0.2) is 6.20 Å². The Morgan fingerprint density at radius 1 is 1.29 bits per heavy atom. The number of carbonyl (C=O) groups is 1. The highest BCUT2D eigenvalue weighted by atomic mass is 32.2. The van der Waals surface area contributed by atoms with Gasteiger partial charge in [0.05, 0.1) is 5.75 Å². The first-order valence-corrected chi connectivity index (χ1v) is 9.08. The molecule has 0 aliphatic carbocycles. The average Bonchev–Trinajstić information content (AvgIpc) is 3.10. The van der Waals surface area contributed by atoms with Crippen molar-refractivity contribution >= 4 is 29.0 Å². The van der Waals surface area contributed by atoms with Crippen LogP contribution in [0, 0.1) is 12.1 Å². The number of thioether (sulfide) groups is 1. The molecule has 0 unspecified atom stereocenters. The van der Waals surface area contributed by atoms with Crippen molar-refractivity contribution in [3.63, 3.8) is 0 Å². The fourth-order valence-corrected chi connectivity index (χ4v) is 3.52. The third kappa shape index (κ3) is 4.00. The van der Waals surface area contributed by atoms with Crippen LogP contribution in [-0.4, -0.2) is 24.7 Å². The number of hydrogen-bond acceptors (Lipinski definition) is 4. The normalized spacial score (nSPS) is 14.0. The predicted octanol–water partition coefficient (Wildman–Crippen LogP) is 2.96. The summed E-state index contributed by atoms with van der Waals surface area (Å²) in [5, 5.41) is 15.0. The van der Waals surface area contributed by atoms with Gasteiger partial charge in [-0.05, 0) is 61.4 Å². The van der Waals surface area contributed by atoms with Gasteiger partial charge in [0.2, 0.25) is 5.91 Å². The van der Waals surface area contributed by atoms with E-state index in [4.69, 9.17) is 0 Å². The molecule has 126 valence electrons. The van der Waals surface area contributed by atoms with E-state index in [0.717, 1.165) is 29.1 Å². The largest absolute Gasteiger partial charge is 0.618 e. The smallest absolute Gasteiger partial charge is 0.251 e. The number of amides is 1. The second-order valence-corrected chi connectivity index (χ2v) is 6.89. The summed E-state index contributed by atoms with van der Waals surface area (Å²) >= 11 is 1.23. The van der Waals surface area contributed by atoms with Gasteiger partial charge in [-0.2, -0.15) is 4.73 Å². The van der Waals surface area contributed by atoms with Crippen molar-refractivity contribution in [1.82, 2.24) is 0 Å². The zero-order chi connectivity index (χ0) is 16.9. The highest BCUT2D eigenvalue weighted by Gasteiger charge is 2.14. The number of carbonyl (C=O) groups excluding carboxylic acids is 1. The molecule has 1 aromatic carbocycles. The molecule has 3 rings (SSSR count). The number of rotatable bonds is 5. The fraction of sp³-hybridized carbons (Fsp3) is 0.333. The van der Waals surface area contributed by atoms with Crippen LogP contribution in [0.3, 0.4) is 0 Å². The average molecular weight is 343 g/mol. The molecule has 0 radical (unpaired) electrons. The van der Waals surface area contributed by atoms with Crippen molar-refractivity contribution in [3.05, 3.63) is 53.4 Å². The minimum absolute atomic E-state index is 0.110. The maximum Gasteiger partial charge on any atom is 0.251 e. The fourth-order valence-electron chi connectivity index (χ4n) is 2.81. The maximum atomic E-state index is 12.1. The second-order valence-electron chi connectivity index (χ2n) is 5.89. The van der Waals surface area contributed by atoms with Gasteiger partial charge in [0.25, 0.3) is 5.03 Å². The SMILES string of the molecule is Cc1cc(N2CCCC2)ccc1NC(=O)CSc1cccc[n+]1[O-]. The van der Waals surface area contributed by atoms with Crippen molar-refractivity contribution in [2.75, 3.05) is 29.1 Å². The van der Waals surface area contributed by atoms with E-state index in [-0.39, 0.29) is 11.7 Å². The summed E-state index contributed by atoms with van der Waals surface area (Å²) in [6.07, 6.45) is 3.92. The third-order valence-corrected chi connectivity index (χ3v) is 5.11. The lowest BCUT2D eigenvalue weighted by Gasteiger charge is -2.19. The van der Waals surface area contributed by atoms with Crippen molar-refractivity contribution < 1.29 is 9.52 Å². The molecule has 0 bridgehead atoms. The molecule has 1 N–H and O–H groups in total. The molecule has 0 spiro atoms. The van der Waals surface area contributed by atoms with E-state index >= 15 is 0 Å². The zero-order valence-electron chi connectivity index (χ0n) is 13.7. The molecule has 6 heteroatoms. The van der Waals surface area contributed by atoms with Crippen molar-refractivity contribution in [3.8, 4) is 0 Å². The van der Waals surface area contributed by atoms with Gasteiger partial charge < -0.3 is 15.4 Å². The molecule has 1 aliphatic heterocycles. The lowest BCUT2D eigenvalue weighted by molar-refractivity contribution is -0.645. The minimum atomic E-state index is -0.110. The summed E-state index contributed by atoms with van der Waals surface area (Å²) < 4.78 is 0.772. The Morgan fingerprint density at radius 2 is 2.08 bits per heavy atom. The topological polar surface area (TPSA) is 59.3 Å². The van der Waals surface area contributed by atoms with Crippen molar-refractivity contribution in [2.24, 2.45) is 0 Å². The van der Waals surface area contributed by atoms with Gasteiger partial charge in [0.1, 0.15) is 0 Å². The molecular formula is C18H21N3O2S. The standard InChI is InChI=1S/C18H21N3O2S/c1-14-12-15(20-9-4-5-10-20)7-8-16(14)19-17(22)13-24-18-6-2-3-11-21(18)23/h2-3,6-8,11-12H,4-5,9-10,13H2,1H3,(H,19,22). The van der Waals surface area contributed by atoms with Crippen LogP contribution in [0.1, 0.15) is 18.4 Å². The first-order valence-electron chi connectivity index (χ1n) is 8.10. The van der Waals surface area contributed by atoms with E-state index in [2.05, 4.69) is 22.3 Å². The Kier molecular flexibility index (Phi) is 5.25. The lowest BCUT2D eigenvalue weighted by Crippen LogP contribution is -2.28. The third-order valence-electron chi connectivity index (χ3n) is 4.10. The Bertz CT molecular complexity index is 730. The quantitative estimate of drug-likeness (QED) is 0.515. The first-order chi connectivity index (χ1) is 11.6. The summed E-state index contributed by atoms with van der Waals surface area (Å²) in [6, 6.07) is 11.3. The minimum Gasteiger partial charge on any atom is -0.618 e. The maximum absolute atomic E-state index is 12.1. The van der Waals surface area contributed by atoms with Gasteiger partial charge in [-0.25, -0.2) is 0 Å². The molecule has 1 saturated heterocycles. The molecule has 0 saturated carbocycles.